The van der Waals surface area contributed by atoms with E-state index in [2.05, 4.69) is 59.4 Å². The predicted octanol–water partition coefficient (Wildman–Crippen LogP) is 14.8. The van der Waals surface area contributed by atoms with Crippen molar-refractivity contribution in [1.82, 2.24) is 49.8 Å². The van der Waals surface area contributed by atoms with E-state index in [1.54, 1.807) is 56.5 Å². The molecule has 0 saturated heterocycles. The fourth-order valence-corrected chi connectivity index (χ4v) is 8.51. The molecule has 9 heterocycles. The second-order valence-corrected chi connectivity index (χ2v) is 17.4. The first-order chi connectivity index (χ1) is 35.4. The second kappa shape index (κ2) is 28.8. The van der Waals surface area contributed by atoms with Gasteiger partial charge in [-0.15, -0.1) is 0 Å². The summed E-state index contributed by atoms with van der Waals surface area (Å²) in [6.07, 6.45) is 25.8. The number of aryl methyl sites for hydroxylation is 1. The number of carbonyl (C=O) groups is 1. The summed E-state index contributed by atoms with van der Waals surface area (Å²) < 4.78 is 0. The number of hydrogen-bond acceptors (Lipinski definition) is 12. The number of fused-ring (bicyclic) bond motifs is 12. The zero-order valence-electron chi connectivity index (χ0n) is 42.3. The Morgan fingerprint density at radius 3 is 1.19 bits per heavy atom. The normalized spacial score (nSPS) is 10.5. The van der Waals surface area contributed by atoms with E-state index in [0.29, 0.717) is 6.42 Å². The Morgan fingerprint density at radius 1 is 0.425 bits per heavy atom. The van der Waals surface area contributed by atoms with E-state index < -0.39 is 0 Å². The number of unbranched alkanes of at least 4 members (excludes halogenated alkanes) is 7. The minimum Gasteiger partial charge on any atom is -0.300 e. The Labute approximate surface area is 446 Å². The van der Waals surface area contributed by atoms with E-state index in [9.17, 15) is 4.79 Å². The summed E-state index contributed by atoms with van der Waals surface area (Å²) in [5.74, 6) is 1.22. The Balaban J connectivity index is 0.000000172. The molecule has 11 nitrogen and oxygen atoms in total. The standard InChI is InChI=1S/C24H12N6.C14H14N2O.C10H8N2.C10H22S.C2H6.Ru/c1-5-13-17(25-9-1)18-14(6-2-10-26-18)22-21(13)29-23-15-7-3-11-27-19(15)20-16(24(23)30-22)8-4-12-28-20;1-10-3-5-15-13(7-10)14-9-12(4-6-16-14)8-11(2)17;1-3-7-11-9(5-1)10-6-2-4-8-12-10;1-2-3-4-5-6-7-8-9-10-11;1-2;/h1-12H;3-7,9H,8H2,1-2H3;1-8H;11H,2-10H2,1H3;1-2H3;/q;;;;;+2. The number of Topliss-reactive ketones (excluding diaryl/α,β-unsaturated/α-hetero) is 1. The van der Waals surface area contributed by atoms with Gasteiger partial charge in [-0.25, -0.2) is 9.97 Å². The van der Waals surface area contributed by atoms with Crippen LogP contribution in [0.25, 0.3) is 88.5 Å². The van der Waals surface area contributed by atoms with Crippen LogP contribution < -0.4 is 0 Å². The topological polar surface area (TPSA) is 146 Å². The largest absolute Gasteiger partial charge is 2.00 e. The molecule has 0 aliphatic heterocycles. The van der Waals surface area contributed by atoms with Crippen molar-refractivity contribution in [2.75, 3.05) is 5.75 Å². The van der Waals surface area contributed by atoms with Crippen molar-refractivity contribution >= 4 is 84.1 Å². The zero-order chi connectivity index (χ0) is 50.5. The summed E-state index contributed by atoms with van der Waals surface area (Å²) in [7, 11) is 0. The minimum absolute atomic E-state index is 0. The first kappa shape index (κ1) is 55.2. The van der Waals surface area contributed by atoms with Crippen LogP contribution in [0, 0.1) is 6.92 Å². The second-order valence-electron chi connectivity index (χ2n) is 17.0. The van der Waals surface area contributed by atoms with Crippen LogP contribution in [0.2, 0.25) is 0 Å². The van der Waals surface area contributed by atoms with Gasteiger partial charge < -0.3 is 0 Å². The maximum absolute atomic E-state index is 11.1. The van der Waals surface area contributed by atoms with Gasteiger partial charge >= 0.3 is 19.5 Å². The molecule has 0 spiro atoms. The SMILES string of the molecule is CC.CC(=O)Cc1ccnc(-c2cc(C)ccn2)c1.CCCCCCCCCCS.[Ru+2].c1ccc(-c2ccccn2)nc1.c1cnc2c(c1)c1nc3c4cccnc4c4ncccc4c3nc1c1cccnc12. The van der Waals surface area contributed by atoms with E-state index in [1.165, 1.54) is 51.4 Å². The molecule has 0 unspecified atom stereocenters. The molecule has 2 aromatic carbocycles. The minimum atomic E-state index is 0. The molecule has 11 rings (SSSR count). The molecular weight excluding hydrogens is 1010 g/mol. The quantitative estimate of drug-likeness (QED) is 0.0410. The van der Waals surface area contributed by atoms with Gasteiger partial charge in [-0.2, -0.15) is 12.6 Å². The molecule has 0 atom stereocenters. The molecule has 0 amide bonds. The number of carbonyl (C=O) groups excluding carboxylic acids is 1. The van der Waals surface area contributed by atoms with Crippen molar-refractivity contribution in [3.63, 3.8) is 0 Å². The Hall–Kier alpha value is -7.08. The fourth-order valence-electron chi connectivity index (χ4n) is 8.29. The smallest absolute Gasteiger partial charge is 0.300 e. The summed E-state index contributed by atoms with van der Waals surface area (Å²) in [5.41, 5.74) is 12.2. The first-order valence-corrected chi connectivity index (χ1v) is 25.6. The van der Waals surface area contributed by atoms with Gasteiger partial charge in [-0.1, -0.05) is 77.8 Å². The van der Waals surface area contributed by atoms with E-state index >= 15 is 0 Å². The number of thiol groups is 1. The summed E-state index contributed by atoms with van der Waals surface area (Å²) in [5, 5.41) is 3.76. The number of nitrogens with zero attached hydrogens (tertiary/aromatic N) is 10. The van der Waals surface area contributed by atoms with E-state index in [4.69, 9.17) is 9.97 Å². The van der Waals surface area contributed by atoms with Crippen molar-refractivity contribution in [1.29, 1.82) is 0 Å². The summed E-state index contributed by atoms with van der Waals surface area (Å²) in [6, 6.07) is 35.1. The van der Waals surface area contributed by atoms with Crippen LogP contribution in [0.15, 0.2) is 159 Å². The molecule has 0 aliphatic carbocycles. The molecule has 73 heavy (non-hydrogen) atoms. The van der Waals surface area contributed by atoms with E-state index in [1.807, 2.05) is 130 Å². The number of ketones is 1. The van der Waals surface area contributed by atoms with Crippen LogP contribution in [0.5, 0.6) is 0 Å². The van der Waals surface area contributed by atoms with Gasteiger partial charge in [0.15, 0.2) is 0 Å². The molecule has 0 fully saturated rings. The summed E-state index contributed by atoms with van der Waals surface area (Å²) >= 11 is 4.18. The zero-order valence-corrected chi connectivity index (χ0v) is 44.9. The van der Waals surface area contributed by atoms with Crippen LogP contribution in [0.3, 0.4) is 0 Å². The van der Waals surface area contributed by atoms with Gasteiger partial charge in [0.1, 0.15) is 5.78 Å². The fraction of sp³-hybridized carbons (Fsp3) is 0.250. The maximum Gasteiger partial charge on any atom is 2.00 e. The van der Waals surface area contributed by atoms with Crippen LogP contribution in [-0.2, 0) is 30.7 Å². The number of aromatic nitrogens is 10. The Kier molecular flexibility index (Phi) is 21.8. The number of benzene rings is 2. The first-order valence-electron chi connectivity index (χ1n) is 25.0. The monoisotopic (exact) mass is 1070 g/mol. The average molecular weight is 1070 g/mol. The van der Waals surface area contributed by atoms with E-state index in [0.717, 1.165) is 105 Å². The molecule has 0 N–H and O–H groups in total. The molecule has 0 bridgehead atoms. The Bertz CT molecular complexity index is 3180. The van der Waals surface area contributed by atoms with Crippen molar-refractivity contribution in [3.05, 3.63) is 170 Å². The van der Waals surface area contributed by atoms with Gasteiger partial charge in [0, 0.05) is 77.5 Å². The van der Waals surface area contributed by atoms with E-state index in [-0.39, 0.29) is 25.3 Å². The van der Waals surface area contributed by atoms with Crippen molar-refractivity contribution < 1.29 is 24.3 Å². The molecular formula is C60H62N10ORuS+2. The number of hydrogen-bond donors (Lipinski definition) is 1. The third-order valence-corrected chi connectivity index (χ3v) is 12.0. The third-order valence-electron chi connectivity index (χ3n) is 11.7. The number of rotatable bonds is 12. The molecule has 0 saturated carbocycles. The van der Waals surface area contributed by atoms with Gasteiger partial charge in [0.25, 0.3) is 0 Å². The van der Waals surface area contributed by atoms with Gasteiger partial charge in [-0.05, 0) is 134 Å². The third kappa shape index (κ3) is 14.5. The molecule has 11 aromatic rings. The predicted molar refractivity (Wildman–Crippen MR) is 300 cm³/mol. The average Bonchev–Trinajstić information content (AvgIpc) is 3.44. The number of pyridine rings is 8. The Morgan fingerprint density at radius 2 is 0.808 bits per heavy atom. The van der Waals surface area contributed by atoms with Crippen LogP contribution in [-0.4, -0.2) is 61.4 Å². The molecule has 0 radical (unpaired) electrons. The van der Waals surface area contributed by atoms with Gasteiger partial charge in [0.05, 0.1) is 66.9 Å². The molecule has 9 aromatic heterocycles. The molecule has 13 heteroatoms. The van der Waals surface area contributed by atoms with Crippen molar-refractivity contribution in [2.24, 2.45) is 0 Å². The van der Waals surface area contributed by atoms with Crippen molar-refractivity contribution in [3.8, 4) is 22.8 Å². The van der Waals surface area contributed by atoms with Gasteiger partial charge in [0.2, 0.25) is 0 Å². The maximum atomic E-state index is 11.1. The van der Waals surface area contributed by atoms with Crippen LogP contribution >= 0.6 is 12.6 Å². The van der Waals surface area contributed by atoms with Crippen molar-refractivity contribution in [2.45, 2.75) is 92.4 Å². The molecule has 370 valence electrons. The summed E-state index contributed by atoms with van der Waals surface area (Å²) in [4.78, 5) is 56.7. The van der Waals surface area contributed by atoms with Crippen LogP contribution in [0.4, 0.5) is 0 Å². The van der Waals surface area contributed by atoms with Gasteiger partial charge in [-0.3, -0.25) is 44.7 Å². The van der Waals surface area contributed by atoms with Crippen LogP contribution in [0.1, 0.15) is 90.2 Å². The molecule has 0 aliphatic rings. The summed E-state index contributed by atoms with van der Waals surface area (Å²) in [6.45, 7) is 9.87.